The Morgan fingerprint density at radius 3 is 2.79 bits per heavy atom. The fourth-order valence-electron chi connectivity index (χ4n) is 2.21. The van der Waals surface area contributed by atoms with Crippen molar-refractivity contribution in [2.45, 2.75) is 12.8 Å². The number of nitrogens with zero attached hydrogens (tertiary/aromatic N) is 2. The molecule has 2 amide bonds. The Bertz CT molecular complexity index is 810. The van der Waals surface area contributed by atoms with E-state index in [-0.39, 0.29) is 11.8 Å². The lowest BCUT2D eigenvalue weighted by Gasteiger charge is -2.13. The van der Waals surface area contributed by atoms with Crippen LogP contribution in [0.15, 0.2) is 41.8 Å². The molecule has 5 nitrogen and oxygen atoms in total. The summed E-state index contributed by atoms with van der Waals surface area (Å²) in [6.07, 6.45) is 0.975. The maximum atomic E-state index is 12.3. The Balaban J connectivity index is 1.48. The maximum Gasteiger partial charge on any atom is 0.261 e. The van der Waals surface area contributed by atoms with E-state index in [1.54, 1.807) is 18.0 Å². The lowest BCUT2D eigenvalue weighted by atomic mass is 10.3. The van der Waals surface area contributed by atoms with Gasteiger partial charge in [0.15, 0.2) is 5.13 Å². The zero-order valence-corrected chi connectivity index (χ0v) is 14.8. The molecule has 1 N–H and O–H groups in total. The second-order valence-corrected chi connectivity index (χ2v) is 7.21. The molecule has 0 saturated carbocycles. The second kappa shape index (κ2) is 7.55. The van der Waals surface area contributed by atoms with E-state index in [9.17, 15) is 9.59 Å². The second-order valence-electron chi connectivity index (χ2n) is 5.25. The molecule has 0 spiro atoms. The summed E-state index contributed by atoms with van der Waals surface area (Å²) in [5.74, 6) is -0.0867. The summed E-state index contributed by atoms with van der Waals surface area (Å²) < 4.78 is 1.07. The number of carbonyl (C=O) groups excluding carboxylic acids is 2. The van der Waals surface area contributed by atoms with Crippen LogP contribution in [0, 0.1) is 0 Å². The normalized spacial score (nSPS) is 10.7. The van der Waals surface area contributed by atoms with Gasteiger partial charge in [-0.25, -0.2) is 4.98 Å². The number of fused-ring (bicyclic) bond motifs is 1. The standard InChI is InChI=1S/C17H17N3O2S2/c1-20(17-19-12-6-2-3-7-13(12)24-17)15(21)9-4-10-18-16(22)14-8-5-11-23-14/h2-3,5-8,11H,4,9-10H2,1H3,(H,18,22). The number of thiazole rings is 1. The summed E-state index contributed by atoms with van der Waals surface area (Å²) in [6.45, 7) is 0.482. The van der Waals surface area contributed by atoms with E-state index in [1.165, 1.54) is 22.7 Å². The summed E-state index contributed by atoms with van der Waals surface area (Å²) in [6, 6.07) is 11.5. The van der Waals surface area contributed by atoms with Crippen LogP contribution in [-0.4, -0.2) is 30.4 Å². The smallest absolute Gasteiger partial charge is 0.261 e. The molecule has 1 aromatic carbocycles. The number of rotatable bonds is 6. The van der Waals surface area contributed by atoms with E-state index >= 15 is 0 Å². The number of aromatic nitrogens is 1. The molecule has 3 aromatic rings. The van der Waals surface area contributed by atoms with Crippen LogP contribution in [0.3, 0.4) is 0 Å². The van der Waals surface area contributed by atoms with E-state index in [0.29, 0.717) is 29.4 Å². The van der Waals surface area contributed by atoms with Crippen LogP contribution in [0.4, 0.5) is 5.13 Å². The van der Waals surface area contributed by atoms with E-state index in [2.05, 4.69) is 10.3 Å². The number of amides is 2. The molecule has 7 heteroatoms. The Labute approximate surface area is 147 Å². The van der Waals surface area contributed by atoms with Gasteiger partial charge in [0.05, 0.1) is 15.1 Å². The molecule has 0 aliphatic rings. The fraction of sp³-hybridized carbons (Fsp3) is 0.235. The lowest BCUT2D eigenvalue weighted by Crippen LogP contribution is -2.28. The highest BCUT2D eigenvalue weighted by Gasteiger charge is 2.15. The highest BCUT2D eigenvalue weighted by atomic mass is 32.1. The van der Waals surface area contributed by atoms with E-state index in [1.807, 2.05) is 35.7 Å². The van der Waals surface area contributed by atoms with Crippen LogP contribution in [0.5, 0.6) is 0 Å². The first kappa shape index (κ1) is 16.6. The Kier molecular flexibility index (Phi) is 5.22. The van der Waals surface area contributed by atoms with Gasteiger partial charge in [0, 0.05) is 20.0 Å². The number of anilines is 1. The van der Waals surface area contributed by atoms with Gasteiger partial charge in [-0.1, -0.05) is 29.5 Å². The first-order valence-electron chi connectivity index (χ1n) is 7.59. The van der Waals surface area contributed by atoms with Crippen molar-refractivity contribution in [3.05, 3.63) is 46.7 Å². The molecule has 0 aliphatic carbocycles. The number of hydrogen-bond donors (Lipinski definition) is 1. The van der Waals surface area contributed by atoms with Crippen LogP contribution in [-0.2, 0) is 4.79 Å². The number of hydrogen-bond acceptors (Lipinski definition) is 5. The van der Waals surface area contributed by atoms with Gasteiger partial charge < -0.3 is 5.32 Å². The Hall–Kier alpha value is -2.25. The number of benzene rings is 1. The lowest BCUT2D eigenvalue weighted by molar-refractivity contribution is -0.118. The molecular formula is C17H17N3O2S2. The summed E-state index contributed by atoms with van der Waals surface area (Å²) in [7, 11) is 1.74. The average molecular weight is 359 g/mol. The van der Waals surface area contributed by atoms with E-state index in [4.69, 9.17) is 0 Å². The average Bonchev–Trinajstić information content (AvgIpc) is 3.26. The van der Waals surface area contributed by atoms with Crippen molar-refractivity contribution in [2.75, 3.05) is 18.5 Å². The molecule has 0 radical (unpaired) electrons. The third kappa shape index (κ3) is 3.80. The van der Waals surface area contributed by atoms with Gasteiger partial charge in [-0.2, -0.15) is 0 Å². The predicted molar refractivity (Wildman–Crippen MR) is 98.9 cm³/mol. The molecule has 2 heterocycles. The van der Waals surface area contributed by atoms with Gasteiger partial charge in [0.2, 0.25) is 5.91 Å². The number of carbonyl (C=O) groups is 2. The first-order chi connectivity index (χ1) is 11.6. The molecule has 0 fully saturated rings. The Morgan fingerprint density at radius 1 is 1.21 bits per heavy atom. The molecule has 0 atom stereocenters. The predicted octanol–water partition coefficient (Wildman–Crippen LogP) is 3.53. The fourth-order valence-corrected chi connectivity index (χ4v) is 3.80. The summed E-state index contributed by atoms with van der Waals surface area (Å²) in [5, 5.41) is 5.39. The topological polar surface area (TPSA) is 62.3 Å². The quantitative estimate of drug-likeness (QED) is 0.685. The van der Waals surface area contributed by atoms with Crippen LogP contribution >= 0.6 is 22.7 Å². The van der Waals surface area contributed by atoms with Crippen LogP contribution in [0.1, 0.15) is 22.5 Å². The molecule has 0 unspecified atom stereocenters. The van der Waals surface area contributed by atoms with E-state index in [0.717, 1.165) is 10.2 Å². The van der Waals surface area contributed by atoms with Crippen molar-refractivity contribution in [1.82, 2.24) is 10.3 Å². The van der Waals surface area contributed by atoms with Crippen molar-refractivity contribution in [3.8, 4) is 0 Å². The largest absolute Gasteiger partial charge is 0.351 e. The minimum absolute atomic E-state index is 0.000529. The van der Waals surface area contributed by atoms with Crippen LogP contribution in [0.25, 0.3) is 10.2 Å². The molecule has 124 valence electrons. The van der Waals surface area contributed by atoms with E-state index < -0.39 is 0 Å². The van der Waals surface area contributed by atoms with Crippen molar-refractivity contribution >= 4 is 49.8 Å². The molecule has 0 aliphatic heterocycles. The van der Waals surface area contributed by atoms with Gasteiger partial charge in [-0.15, -0.1) is 11.3 Å². The summed E-state index contributed by atoms with van der Waals surface area (Å²) >= 11 is 2.91. The zero-order valence-electron chi connectivity index (χ0n) is 13.2. The minimum Gasteiger partial charge on any atom is -0.351 e. The van der Waals surface area contributed by atoms with Crippen molar-refractivity contribution < 1.29 is 9.59 Å². The highest BCUT2D eigenvalue weighted by molar-refractivity contribution is 7.22. The molecule has 24 heavy (non-hydrogen) atoms. The molecule has 2 aromatic heterocycles. The number of nitrogens with one attached hydrogen (secondary N) is 1. The van der Waals surface area contributed by atoms with Gasteiger partial charge >= 0.3 is 0 Å². The third-order valence-corrected chi connectivity index (χ3v) is 5.52. The highest BCUT2D eigenvalue weighted by Crippen LogP contribution is 2.28. The Morgan fingerprint density at radius 2 is 2.04 bits per heavy atom. The van der Waals surface area contributed by atoms with Crippen LogP contribution in [0.2, 0.25) is 0 Å². The summed E-state index contributed by atoms with van der Waals surface area (Å²) in [4.78, 5) is 30.8. The molecular weight excluding hydrogens is 342 g/mol. The first-order valence-corrected chi connectivity index (χ1v) is 9.28. The SMILES string of the molecule is CN(C(=O)CCCNC(=O)c1cccs1)c1nc2ccccc2s1. The minimum atomic E-state index is -0.0861. The molecule has 3 rings (SSSR count). The number of thiophene rings is 1. The molecule has 0 bridgehead atoms. The van der Waals surface area contributed by atoms with Gasteiger partial charge in [0.1, 0.15) is 0 Å². The van der Waals surface area contributed by atoms with Crippen molar-refractivity contribution in [2.24, 2.45) is 0 Å². The van der Waals surface area contributed by atoms with Gasteiger partial charge in [0.25, 0.3) is 5.91 Å². The molecule has 0 saturated heterocycles. The zero-order chi connectivity index (χ0) is 16.9. The third-order valence-electron chi connectivity index (χ3n) is 3.54. The van der Waals surface area contributed by atoms with Gasteiger partial charge in [-0.3, -0.25) is 14.5 Å². The van der Waals surface area contributed by atoms with Crippen molar-refractivity contribution in [1.29, 1.82) is 0 Å². The maximum absolute atomic E-state index is 12.3. The van der Waals surface area contributed by atoms with Gasteiger partial charge in [-0.05, 0) is 30.0 Å². The van der Waals surface area contributed by atoms with Crippen LogP contribution < -0.4 is 10.2 Å². The number of para-hydroxylation sites is 1. The monoisotopic (exact) mass is 359 g/mol. The van der Waals surface area contributed by atoms with Crippen molar-refractivity contribution in [3.63, 3.8) is 0 Å². The summed E-state index contributed by atoms with van der Waals surface area (Å²) in [5.41, 5.74) is 0.903.